The van der Waals surface area contributed by atoms with Gasteiger partial charge in [-0.25, -0.2) is 4.98 Å². The minimum atomic E-state index is -0.442. The molecule has 0 radical (unpaired) electrons. The van der Waals surface area contributed by atoms with Gasteiger partial charge in [0.2, 0.25) is 6.29 Å². The van der Waals surface area contributed by atoms with Crippen LogP contribution in [0, 0.1) is 11.8 Å². The third-order valence-electron chi connectivity index (χ3n) is 4.88. The number of allylic oxidation sites excluding steroid dienone is 1. The van der Waals surface area contributed by atoms with Gasteiger partial charge in [-0.1, -0.05) is 26.0 Å². The summed E-state index contributed by atoms with van der Waals surface area (Å²) in [6, 6.07) is 7.75. The third-order valence-corrected chi connectivity index (χ3v) is 4.88. The highest BCUT2D eigenvalue weighted by Crippen LogP contribution is 2.28. The number of amides is 1. The Morgan fingerprint density at radius 2 is 2.21 bits per heavy atom. The van der Waals surface area contributed by atoms with E-state index in [0.29, 0.717) is 37.1 Å². The van der Waals surface area contributed by atoms with Crippen molar-refractivity contribution in [3.8, 4) is 0 Å². The van der Waals surface area contributed by atoms with E-state index in [0.717, 1.165) is 23.9 Å². The molecule has 2 aromatic rings. The summed E-state index contributed by atoms with van der Waals surface area (Å²) in [4.78, 5) is 20.3. The molecular formula is C21H29N3O4. The molecule has 7 heteroatoms. The number of nitrogens with zero attached hydrogens (tertiary/aromatic N) is 1. The monoisotopic (exact) mass is 387 g/mol. The van der Waals surface area contributed by atoms with E-state index in [-0.39, 0.29) is 18.4 Å². The van der Waals surface area contributed by atoms with Crippen LogP contribution in [0.1, 0.15) is 38.9 Å². The number of benzene rings is 1. The number of hydrogen-bond donors (Lipinski definition) is 3. The Balaban J connectivity index is 1.59. The first kappa shape index (κ1) is 20.4. The second kappa shape index (κ2) is 9.71. The van der Waals surface area contributed by atoms with Gasteiger partial charge in [-0.3, -0.25) is 4.79 Å². The lowest BCUT2D eigenvalue weighted by atomic mass is 9.90. The number of aliphatic hydroxyl groups excluding tert-OH is 1. The average Bonchev–Trinajstić information content (AvgIpc) is 3.12. The quantitative estimate of drug-likeness (QED) is 0.575. The predicted molar refractivity (Wildman–Crippen MR) is 106 cm³/mol. The Hall–Kier alpha value is -2.38. The summed E-state index contributed by atoms with van der Waals surface area (Å²) < 4.78 is 11.6. The second-order valence-corrected chi connectivity index (χ2v) is 7.41. The first-order chi connectivity index (χ1) is 13.6. The maximum Gasteiger partial charge on any atom is 0.286 e. The number of imidazole rings is 1. The minimum absolute atomic E-state index is 0.152. The summed E-state index contributed by atoms with van der Waals surface area (Å²) in [5.74, 6) is 1.32. The topological polar surface area (TPSA) is 96.5 Å². The summed E-state index contributed by atoms with van der Waals surface area (Å²) in [5, 5.41) is 11.7. The minimum Gasteiger partial charge on any atom is -0.459 e. The number of hydrogen-bond acceptors (Lipinski definition) is 5. The zero-order chi connectivity index (χ0) is 19.9. The van der Waals surface area contributed by atoms with E-state index in [2.05, 4.69) is 29.1 Å². The average molecular weight is 387 g/mol. The standard InChI is InChI=1S/C21H29N3O4/c1-14(2)15-11-18(28-20(12-15)27-10-6-5-9-25)21(26)22-13-19-23-16-7-3-4-8-17(16)24-19/h3-4,7-8,11,14-15,20,25H,5-6,9-10,12-13H2,1-2H3,(H,22,26)(H,23,24)/t15-,20+/m0/s1. The van der Waals surface area contributed by atoms with E-state index < -0.39 is 6.29 Å². The first-order valence-electron chi connectivity index (χ1n) is 9.89. The van der Waals surface area contributed by atoms with E-state index in [4.69, 9.17) is 14.6 Å². The van der Waals surface area contributed by atoms with Crippen molar-refractivity contribution in [2.45, 2.75) is 45.9 Å². The van der Waals surface area contributed by atoms with Crippen LogP contribution in [-0.2, 0) is 20.8 Å². The predicted octanol–water partition coefficient (Wildman–Crippen LogP) is 2.87. The zero-order valence-corrected chi connectivity index (χ0v) is 16.5. The molecule has 3 N–H and O–H groups in total. The van der Waals surface area contributed by atoms with Crippen molar-refractivity contribution in [3.05, 3.63) is 41.9 Å². The third kappa shape index (κ3) is 5.33. The first-order valence-corrected chi connectivity index (χ1v) is 9.89. The number of aromatic amines is 1. The molecule has 1 aromatic carbocycles. The normalized spacial score (nSPS) is 19.5. The van der Waals surface area contributed by atoms with E-state index >= 15 is 0 Å². The van der Waals surface area contributed by atoms with E-state index in [1.807, 2.05) is 30.3 Å². The van der Waals surface area contributed by atoms with Gasteiger partial charge in [0.1, 0.15) is 5.82 Å². The van der Waals surface area contributed by atoms with Crippen LogP contribution in [0.15, 0.2) is 36.1 Å². The molecule has 1 aliphatic heterocycles. The van der Waals surface area contributed by atoms with Gasteiger partial charge in [0.25, 0.3) is 5.91 Å². The van der Waals surface area contributed by atoms with Crippen LogP contribution in [0.4, 0.5) is 0 Å². The molecule has 0 bridgehead atoms. The lowest BCUT2D eigenvalue weighted by molar-refractivity contribution is -0.150. The lowest BCUT2D eigenvalue weighted by Crippen LogP contribution is -2.34. The highest BCUT2D eigenvalue weighted by atomic mass is 16.7. The summed E-state index contributed by atoms with van der Waals surface area (Å²) in [7, 11) is 0. The van der Waals surface area contributed by atoms with E-state index in [9.17, 15) is 4.79 Å². The van der Waals surface area contributed by atoms with Crippen LogP contribution in [-0.4, -0.2) is 40.5 Å². The molecule has 0 saturated heterocycles. The lowest BCUT2D eigenvalue weighted by Gasteiger charge is -2.30. The molecule has 0 unspecified atom stereocenters. The van der Waals surface area contributed by atoms with Crippen LogP contribution >= 0.6 is 0 Å². The molecule has 0 fully saturated rings. The zero-order valence-electron chi connectivity index (χ0n) is 16.5. The Bertz CT molecular complexity index is 782. The number of aromatic nitrogens is 2. The molecule has 1 aliphatic rings. The summed E-state index contributed by atoms with van der Waals surface area (Å²) >= 11 is 0. The van der Waals surface area contributed by atoms with Gasteiger partial charge in [-0.2, -0.15) is 0 Å². The molecule has 2 heterocycles. The number of nitrogens with one attached hydrogen (secondary N) is 2. The van der Waals surface area contributed by atoms with Crippen molar-refractivity contribution < 1.29 is 19.4 Å². The van der Waals surface area contributed by atoms with Crippen LogP contribution < -0.4 is 5.32 Å². The van der Waals surface area contributed by atoms with Gasteiger partial charge in [0.15, 0.2) is 5.76 Å². The fourth-order valence-electron chi connectivity index (χ4n) is 3.18. The molecule has 2 atom stereocenters. The number of ether oxygens (including phenoxy) is 2. The smallest absolute Gasteiger partial charge is 0.286 e. The van der Waals surface area contributed by atoms with Crippen LogP contribution in [0.2, 0.25) is 0 Å². The molecule has 7 nitrogen and oxygen atoms in total. The van der Waals surface area contributed by atoms with Crippen molar-refractivity contribution in [1.29, 1.82) is 0 Å². The fraction of sp³-hybridized carbons (Fsp3) is 0.524. The number of unbranched alkanes of at least 4 members (excludes halogenated alkanes) is 1. The largest absolute Gasteiger partial charge is 0.459 e. The second-order valence-electron chi connectivity index (χ2n) is 7.41. The van der Waals surface area contributed by atoms with Gasteiger partial charge >= 0.3 is 0 Å². The molecule has 28 heavy (non-hydrogen) atoms. The number of carbonyl (C=O) groups is 1. The molecule has 152 valence electrons. The summed E-state index contributed by atoms with van der Waals surface area (Å²) in [5.41, 5.74) is 1.81. The highest BCUT2D eigenvalue weighted by Gasteiger charge is 2.29. The Morgan fingerprint density at radius 1 is 1.39 bits per heavy atom. The number of para-hydroxylation sites is 2. The van der Waals surface area contributed by atoms with Gasteiger partial charge in [-0.05, 0) is 42.9 Å². The maximum atomic E-state index is 12.6. The highest BCUT2D eigenvalue weighted by molar-refractivity contribution is 5.91. The number of fused-ring (bicyclic) bond motifs is 1. The molecule has 0 aliphatic carbocycles. The Kier molecular flexibility index (Phi) is 7.06. The van der Waals surface area contributed by atoms with E-state index in [1.165, 1.54) is 0 Å². The van der Waals surface area contributed by atoms with Gasteiger partial charge in [0, 0.05) is 13.0 Å². The molecule has 1 aromatic heterocycles. The number of rotatable bonds is 9. The number of carbonyl (C=O) groups excluding carboxylic acids is 1. The Morgan fingerprint density at radius 3 is 2.96 bits per heavy atom. The van der Waals surface area contributed by atoms with Crippen molar-refractivity contribution in [2.75, 3.05) is 13.2 Å². The van der Waals surface area contributed by atoms with Gasteiger partial charge < -0.3 is 24.9 Å². The summed E-state index contributed by atoms with van der Waals surface area (Å²) in [6.07, 6.45) is 3.63. The molecule has 1 amide bonds. The van der Waals surface area contributed by atoms with Gasteiger partial charge in [-0.15, -0.1) is 0 Å². The number of aliphatic hydroxyl groups is 1. The molecule has 0 saturated carbocycles. The summed E-state index contributed by atoms with van der Waals surface area (Å²) in [6.45, 7) is 5.20. The molecule has 0 spiro atoms. The maximum absolute atomic E-state index is 12.6. The van der Waals surface area contributed by atoms with Gasteiger partial charge in [0.05, 0.1) is 24.2 Å². The van der Waals surface area contributed by atoms with Crippen LogP contribution in [0.5, 0.6) is 0 Å². The van der Waals surface area contributed by atoms with Crippen LogP contribution in [0.25, 0.3) is 11.0 Å². The number of H-pyrrole nitrogens is 1. The fourth-order valence-corrected chi connectivity index (χ4v) is 3.18. The van der Waals surface area contributed by atoms with Crippen molar-refractivity contribution >= 4 is 16.9 Å². The molecular weight excluding hydrogens is 358 g/mol. The van der Waals surface area contributed by atoms with Crippen LogP contribution in [0.3, 0.4) is 0 Å². The molecule has 3 rings (SSSR count). The SMILES string of the molecule is CC(C)[C@H]1C=C(C(=O)NCc2nc3ccccc3[nH]2)O[C@@H](OCCCCO)C1. The van der Waals surface area contributed by atoms with Crippen molar-refractivity contribution in [1.82, 2.24) is 15.3 Å². The van der Waals surface area contributed by atoms with E-state index in [1.54, 1.807) is 0 Å². The van der Waals surface area contributed by atoms with Crippen molar-refractivity contribution in [3.63, 3.8) is 0 Å². The van der Waals surface area contributed by atoms with Crippen molar-refractivity contribution in [2.24, 2.45) is 11.8 Å². The Labute approximate surface area is 165 Å².